The Hall–Kier alpha value is -3.80. The second-order valence-electron chi connectivity index (χ2n) is 5.20. The Morgan fingerprint density at radius 1 is 1.23 bits per heavy atom. The van der Waals surface area contributed by atoms with Gasteiger partial charge in [0.05, 0.1) is 18.5 Å². The zero-order chi connectivity index (χ0) is 18.4. The summed E-state index contributed by atoms with van der Waals surface area (Å²) in [5.74, 6) is 0.544. The quantitative estimate of drug-likeness (QED) is 0.620. The zero-order valence-electron chi connectivity index (χ0n) is 13.6. The van der Waals surface area contributed by atoms with Gasteiger partial charge in [-0.2, -0.15) is 10.2 Å². The predicted molar refractivity (Wildman–Crippen MR) is 92.2 cm³/mol. The number of fused-ring (bicyclic) bond motifs is 3. The molecule has 2 bridgehead atoms. The zero-order valence-corrected chi connectivity index (χ0v) is 13.6. The lowest BCUT2D eigenvalue weighted by molar-refractivity contribution is 0.262. The molecule has 9 heteroatoms. The SMILES string of the molecule is N#Cc1ncc2nc1OCC/C=C/COc1ccc(O)cc1NC(=O)N2. The smallest absolute Gasteiger partial charge is 0.325 e. The first-order valence-electron chi connectivity index (χ1n) is 7.74. The van der Waals surface area contributed by atoms with Crippen LogP contribution in [0.3, 0.4) is 0 Å². The molecule has 0 radical (unpaired) electrons. The number of carbonyl (C=O) groups excluding carboxylic acids is 1. The van der Waals surface area contributed by atoms with Crippen molar-refractivity contribution in [3.63, 3.8) is 0 Å². The molecule has 0 aliphatic carbocycles. The van der Waals surface area contributed by atoms with Gasteiger partial charge >= 0.3 is 6.03 Å². The highest BCUT2D eigenvalue weighted by Crippen LogP contribution is 2.29. The minimum absolute atomic E-state index is 0.0186. The van der Waals surface area contributed by atoms with E-state index in [0.717, 1.165) is 0 Å². The molecule has 0 saturated carbocycles. The molecule has 26 heavy (non-hydrogen) atoms. The highest BCUT2D eigenvalue weighted by molar-refractivity contribution is 6.00. The number of aromatic nitrogens is 2. The Labute approximate surface area is 148 Å². The Balaban J connectivity index is 1.90. The summed E-state index contributed by atoms with van der Waals surface area (Å²) in [6.07, 6.45) is 5.49. The van der Waals surface area contributed by atoms with Gasteiger partial charge in [-0.25, -0.2) is 9.78 Å². The lowest BCUT2D eigenvalue weighted by Gasteiger charge is -2.12. The molecule has 3 rings (SSSR count). The lowest BCUT2D eigenvalue weighted by atomic mass is 10.2. The van der Waals surface area contributed by atoms with Crippen molar-refractivity contribution in [1.29, 1.82) is 5.26 Å². The Kier molecular flexibility index (Phi) is 5.14. The molecule has 9 nitrogen and oxygen atoms in total. The van der Waals surface area contributed by atoms with Gasteiger partial charge in [0.25, 0.3) is 5.88 Å². The van der Waals surface area contributed by atoms with Crippen LogP contribution in [0.1, 0.15) is 12.1 Å². The summed E-state index contributed by atoms with van der Waals surface area (Å²) in [6.45, 7) is 0.568. The summed E-state index contributed by atoms with van der Waals surface area (Å²) < 4.78 is 11.1. The number of phenolic OH excluding ortho intramolecular Hbond substituents is 1. The van der Waals surface area contributed by atoms with Crippen molar-refractivity contribution >= 4 is 17.5 Å². The number of hydrogen-bond acceptors (Lipinski definition) is 7. The number of phenols is 1. The lowest BCUT2D eigenvalue weighted by Crippen LogP contribution is -2.21. The van der Waals surface area contributed by atoms with Crippen molar-refractivity contribution in [2.75, 3.05) is 23.8 Å². The van der Waals surface area contributed by atoms with Gasteiger partial charge in [0.1, 0.15) is 24.2 Å². The predicted octanol–water partition coefficient (Wildman–Crippen LogP) is 2.42. The fourth-order valence-electron chi connectivity index (χ4n) is 2.17. The number of aromatic hydroxyl groups is 1. The molecule has 0 saturated heterocycles. The van der Waals surface area contributed by atoms with Crippen molar-refractivity contribution in [2.45, 2.75) is 6.42 Å². The summed E-state index contributed by atoms with van der Waals surface area (Å²) in [6, 6.07) is 5.66. The topological polar surface area (TPSA) is 129 Å². The molecule has 1 aliphatic rings. The molecule has 0 spiro atoms. The number of hydrogen-bond donors (Lipinski definition) is 3. The van der Waals surface area contributed by atoms with Crippen LogP contribution in [0, 0.1) is 11.3 Å². The van der Waals surface area contributed by atoms with Crippen LogP contribution in [-0.4, -0.2) is 34.3 Å². The van der Waals surface area contributed by atoms with E-state index in [1.165, 1.54) is 18.3 Å². The number of nitriles is 1. The fourth-order valence-corrected chi connectivity index (χ4v) is 2.17. The van der Waals surface area contributed by atoms with Crippen molar-refractivity contribution < 1.29 is 19.4 Å². The maximum absolute atomic E-state index is 12.2. The monoisotopic (exact) mass is 353 g/mol. The van der Waals surface area contributed by atoms with Gasteiger partial charge in [-0.3, -0.25) is 5.32 Å². The summed E-state index contributed by atoms with van der Waals surface area (Å²) in [5.41, 5.74) is 0.326. The second-order valence-corrected chi connectivity index (χ2v) is 5.20. The average Bonchev–Trinajstić information content (AvgIpc) is 2.62. The van der Waals surface area contributed by atoms with Crippen LogP contribution >= 0.6 is 0 Å². The van der Waals surface area contributed by atoms with Crippen LogP contribution in [0.15, 0.2) is 36.5 Å². The molecule has 1 aliphatic heterocycles. The number of nitrogens with zero attached hydrogens (tertiary/aromatic N) is 3. The van der Waals surface area contributed by atoms with Crippen molar-refractivity contribution in [3.05, 3.63) is 42.2 Å². The van der Waals surface area contributed by atoms with Gasteiger partial charge in [-0.1, -0.05) is 12.2 Å². The van der Waals surface area contributed by atoms with E-state index >= 15 is 0 Å². The van der Waals surface area contributed by atoms with E-state index in [1.54, 1.807) is 12.1 Å². The molecule has 3 N–H and O–H groups in total. The number of benzene rings is 1. The van der Waals surface area contributed by atoms with Gasteiger partial charge < -0.3 is 19.9 Å². The van der Waals surface area contributed by atoms with Crippen LogP contribution in [-0.2, 0) is 0 Å². The van der Waals surface area contributed by atoms with Crippen molar-refractivity contribution in [3.8, 4) is 23.4 Å². The van der Waals surface area contributed by atoms with E-state index in [0.29, 0.717) is 24.5 Å². The normalized spacial score (nSPS) is 15.4. The summed E-state index contributed by atoms with van der Waals surface area (Å²) in [5, 5.41) is 23.8. The van der Waals surface area contributed by atoms with E-state index in [-0.39, 0.29) is 29.7 Å². The minimum atomic E-state index is -0.615. The summed E-state index contributed by atoms with van der Waals surface area (Å²) in [4.78, 5) is 20.2. The first-order valence-corrected chi connectivity index (χ1v) is 7.74. The Morgan fingerprint density at radius 3 is 2.96 bits per heavy atom. The molecule has 1 aromatic carbocycles. The molecule has 0 unspecified atom stereocenters. The summed E-state index contributed by atoms with van der Waals surface area (Å²) in [7, 11) is 0. The van der Waals surface area contributed by atoms with Crippen LogP contribution < -0.4 is 20.1 Å². The Bertz CT molecular complexity index is 891. The highest BCUT2D eigenvalue weighted by Gasteiger charge is 2.13. The maximum atomic E-state index is 12.2. The number of urea groups is 1. The number of amides is 2. The second kappa shape index (κ2) is 7.85. The van der Waals surface area contributed by atoms with Crippen molar-refractivity contribution in [1.82, 2.24) is 9.97 Å². The van der Waals surface area contributed by atoms with Crippen LogP contribution in [0.5, 0.6) is 17.4 Å². The fraction of sp³-hybridized carbons (Fsp3) is 0.176. The largest absolute Gasteiger partial charge is 0.508 e. The molecule has 0 atom stereocenters. The third-order valence-corrected chi connectivity index (χ3v) is 3.32. The first-order chi connectivity index (χ1) is 12.7. The number of nitrogens with one attached hydrogen (secondary N) is 2. The van der Waals surface area contributed by atoms with Gasteiger partial charge in [0.15, 0.2) is 5.82 Å². The van der Waals surface area contributed by atoms with E-state index in [2.05, 4.69) is 20.6 Å². The molecule has 2 amide bonds. The number of anilines is 2. The van der Waals surface area contributed by atoms with E-state index in [9.17, 15) is 9.90 Å². The number of ether oxygens (including phenoxy) is 2. The third kappa shape index (κ3) is 4.18. The third-order valence-electron chi connectivity index (χ3n) is 3.32. The van der Waals surface area contributed by atoms with Gasteiger partial charge in [0.2, 0.25) is 5.69 Å². The molecule has 132 valence electrons. The van der Waals surface area contributed by atoms with Crippen LogP contribution in [0.4, 0.5) is 16.3 Å². The molecule has 1 aromatic heterocycles. The first kappa shape index (κ1) is 17.0. The van der Waals surface area contributed by atoms with Crippen LogP contribution in [0.2, 0.25) is 0 Å². The van der Waals surface area contributed by atoms with Gasteiger partial charge in [0, 0.05) is 6.07 Å². The molecular weight excluding hydrogens is 338 g/mol. The number of carbonyl (C=O) groups is 1. The number of rotatable bonds is 0. The van der Waals surface area contributed by atoms with E-state index < -0.39 is 6.03 Å². The highest BCUT2D eigenvalue weighted by atomic mass is 16.5. The van der Waals surface area contributed by atoms with Crippen LogP contribution in [0.25, 0.3) is 0 Å². The van der Waals surface area contributed by atoms with E-state index in [1.807, 2.05) is 12.1 Å². The Morgan fingerprint density at radius 2 is 2.12 bits per heavy atom. The molecule has 2 heterocycles. The standard InChI is InChI=1S/C17H15N5O4/c18-9-13-16-21-15(10-19-13)22-17(24)20-12-8-11(23)4-5-14(12)25-6-2-1-3-7-26-16/h1-2,4-5,8,10,23H,3,6-7H2,(H2,20,21,22,24)/b2-1+. The van der Waals surface area contributed by atoms with E-state index in [4.69, 9.17) is 14.7 Å². The van der Waals surface area contributed by atoms with Crippen molar-refractivity contribution in [2.24, 2.45) is 0 Å². The average molecular weight is 353 g/mol. The molecule has 0 fully saturated rings. The molecular formula is C17H15N5O4. The van der Waals surface area contributed by atoms with Gasteiger partial charge in [-0.05, 0) is 18.6 Å². The van der Waals surface area contributed by atoms with Gasteiger partial charge in [-0.15, -0.1) is 0 Å². The summed E-state index contributed by atoms with van der Waals surface area (Å²) >= 11 is 0. The maximum Gasteiger partial charge on any atom is 0.325 e. The molecule has 2 aromatic rings. The minimum Gasteiger partial charge on any atom is -0.508 e.